The third kappa shape index (κ3) is 4.27. The average molecular weight is 444 g/mol. The van der Waals surface area contributed by atoms with Gasteiger partial charge in [-0.1, -0.05) is 38.1 Å². The molecule has 2 heterocycles. The van der Waals surface area contributed by atoms with Crippen molar-refractivity contribution in [2.45, 2.75) is 50.2 Å². The van der Waals surface area contributed by atoms with E-state index >= 15 is 0 Å². The van der Waals surface area contributed by atoms with Crippen molar-refractivity contribution in [2.24, 2.45) is 0 Å². The van der Waals surface area contributed by atoms with E-state index in [-0.39, 0.29) is 23.1 Å². The Morgan fingerprint density at radius 2 is 1.77 bits per heavy atom. The summed E-state index contributed by atoms with van der Waals surface area (Å²) in [5.41, 5.74) is 1.97. The van der Waals surface area contributed by atoms with Gasteiger partial charge in [0.1, 0.15) is 16.7 Å². The first kappa shape index (κ1) is 21.6. The van der Waals surface area contributed by atoms with E-state index < -0.39 is 10.0 Å². The molecule has 2 aromatic rings. The van der Waals surface area contributed by atoms with Gasteiger partial charge in [0.05, 0.1) is 6.04 Å². The zero-order valence-electron chi connectivity index (χ0n) is 18.0. The first-order valence-corrected chi connectivity index (χ1v) is 12.3. The monoisotopic (exact) mass is 443 g/mol. The van der Waals surface area contributed by atoms with Gasteiger partial charge in [-0.25, -0.2) is 13.2 Å². The number of carbonyl (C=O) groups is 1. The molecule has 0 saturated carbocycles. The van der Waals surface area contributed by atoms with E-state index in [2.05, 4.69) is 12.2 Å². The summed E-state index contributed by atoms with van der Waals surface area (Å²) < 4.78 is 34.3. The van der Waals surface area contributed by atoms with Crippen molar-refractivity contribution in [1.82, 2.24) is 9.21 Å². The minimum Gasteiger partial charge on any atom is -0.487 e. The lowest BCUT2D eigenvalue weighted by Gasteiger charge is -2.30. The molecular formula is C23H29N3O4S. The summed E-state index contributed by atoms with van der Waals surface area (Å²) in [4.78, 5) is 14.8. The van der Waals surface area contributed by atoms with Gasteiger partial charge in [0.25, 0.3) is 0 Å². The summed E-state index contributed by atoms with van der Waals surface area (Å²) in [5.74, 6) is 0.391. The Bertz CT molecular complexity index is 1040. The smallest absolute Gasteiger partial charge is 0.321 e. The summed E-state index contributed by atoms with van der Waals surface area (Å²) in [7, 11) is -3.66. The molecule has 2 amide bonds. The van der Waals surface area contributed by atoms with Crippen molar-refractivity contribution in [3.8, 4) is 5.75 Å². The van der Waals surface area contributed by atoms with Crippen LogP contribution in [0.1, 0.15) is 32.3 Å². The number of nitrogens with zero attached hydrogens (tertiary/aromatic N) is 2. The second kappa shape index (κ2) is 8.88. The third-order valence-electron chi connectivity index (χ3n) is 6.10. The number of nitrogens with one attached hydrogen (secondary N) is 1. The number of rotatable bonds is 3. The molecule has 0 aliphatic carbocycles. The van der Waals surface area contributed by atoms with Crippen LogP contribution in [0.3, 0.4) is 0 Å². The maximum atomic E-state index is 13.3. The van der Waals surface area contributed by atoms with Crippen molar-refractivity contribution in [3.63, 3.8) is 0 Å². The quantitative estimate of drug-likeness (QED) is 0.784. The molecule has 8 heteroatoms. The number of para-hydroxylation sites is 1. The zero-order chi connectivity index (χ0) is 22.0. The van der Waals surface area contributed by atoms with E-state index in [1.807, 2.05) is 31.2 Å². The standard InChI is InChI=1S/C23H29N3O4S/c1-3-17-9-11-18(12-10-17)24-23(27)25-15-13-19-20(14-16-25)30-21-7-5-6-8-22(21)31(28,29)26(19)4-2/h5-12,19-20H,3-4,13-16H2,1-2H3,(H,24,27)/t19-,20-/m1/s1. The Kier molecular flexibility index (Phi) is 6.20. The first-order valence-electron chi connectivity index (χ1n) is 10.9. The van der Waals surface area contributed by atoms with Gasteiger partial charge in [-0.05, 0) is 42.7 Å². The number of fused-ring (bicyclic) bond motifs is 2. The van der Waals surface area contributed by atoms with Crippen LogP contribution in [0.5, 0.6) is 5.75 Å². The van der Waals surface area contributed by atoms with E-state index in [9.17, 15) is 13.2 Å². The fourth-order valence-corrected chi connectivity index (χ4v) is 6.20. The highest BCUT2D eigenvalue weighted by atomic mass is 32.2. The number of amides is 2. The van der Waals surface area contributed by atoms with E-state index in [1.165, 1.54) is 9.87 Å². The van der Waals surface area contributed by atoms with Crippen LogP contribution in [0, 0.1) is 0 Å². The molecule has 2 aromatic carbocycles. The zero-order valence-corrected chi connectivity index (χ0v) is 18.8. The summed E-state index contributed by atoms with van der Waals surface area (Å²) >= 11 is 0. The first-order chi connectivity index (χ1) is 14.9. The van der Waals surface area contributed by atoms with Gasteiger partial charge in [-0.2, -0.15) is 4.31 Å². The second-order valence-corrected chi connectivity index (χ2v) is 9.78. The van der Waals surface area contributed by atoms with E-state index in [0.717, 1.165) is 12.1 Å². The number of hydrogen-bond donors (Lipinski definition) is 1. The van der Waals surface area contributed by atoms with Crippen molar-refractivity contribution in [1.29, 1.82) is 0 Å². The largest absolute Gasteiger partial charge is 0.487 e. The van der Waals surface area contributed by atoms with E-state index in [0.29, 0.717) is 38.2 Å². The van der Waals surface area contributed by atoms with Crippen molar-refractivity contribution in [3.05, 3.63) is 54.1 Å². The van der Waals surface area contributed by atoms with Gasteiger partial charge in [0.2, 0.25) is 10.0 Å². The van der Waals surface area contributed by atoms with Crippen LogP contribution in [0.4, 0.5) is 10.5 Å². The molecule has 1 fully saturated rings. The maximum Gasteiger partial charge on any atom is 0.321 e. The molecule has 2 atom stereocenters. The highest BCUT2D eigenvalue weighted by molar-refractivity contribution is 7.89. The molecule has 0 unspecified atom stereocenters. The van der Waals surface area contributed by atoms with Crippen LogP contribution >= 0.6 is 0 Å². The number of urea groups is 1. The molecule has 0 radical (unpaired) electrons. The van der Waals surface area contributed by atoms with Gasteiger partial charge in [-0.15, -0.1) is 0 Å². The fourth-order valence-electron chi connectivity index (χ4n) is 4.39. The second-order valence-electron chi connectivity index (χ2n) is 7.92. The van der Waals surface area contributed by atoms with Gasteiger partial charge >= 0.3 is 6.03 Å². The predicted molar refractivity (Wildman–Crippen MR) is 120 cm³/mol. The van der Waals surface area contributed by atoms with Crippen molar-refractivity contribution >= 4 is 21.7 Å². The molecule has 7 nitrogen and oxygen atoms in total. The minimum atomic E-state index is -3.66. The molecule has 0 aromatic heterocycles. The van der Waals surface area contributed by atoms with Crippen LogP contribution in [-0.2, 0) is 16.4 Å². The summed E-state index contributed by atoms with van der Waals surface area (Å²) in [5, 5.41) is 2.96. The number of carbonyl (C=O) groups excluding carboxylic acids is 1. The van der Waals surface area contributed by atoms with Gasteiger partial charge in [0, 0.05) is 31.7 Å². The van der Waals surface area contributed by atoms with Gasteiger partial charge in [-0.3, -0.25) is 0 Å². The summed E-state index contributed by atoms with van der Waals surface area (Å²) in [6.45, 7) is 5.26. The lowest BCUT2D eigenvalue weighted by Crippen LogP contribution is -2.47. The highest BCUT2D eigenvalue weighted by Crippen LogP contribution is 2.36. The van der Waals surface area contributed by atoms with Crippen LogP contribution in [0.25, 0.3) is 0 Å². The number of benzene rings is 2. The third-order valence-corrected chi connectivity index (χ3v) is 8.14. The van der Waals surface area contributed by atoms with Crippen LogP contribution in [-0.4, -0.2) is 55.4 Å². The normalized spacial score (nSPS) is 23.0. The van der Waals surface area contributed by atoms with Gasteiger partial charge in [0.15, 0.2) is 0 Å². The maximum absolute atomic E-state index is 13.3. The Morgan fingerprint density at radius 3 is 2.48 bits per heavy atom. The molecule has 4 rings (SSSR count). The van der Waals surface area contributed by atoms with Crippen molar-refractivity contribution < 1.29 is 17.9 Å². The van der Waals surface area contributed by atoms with E-state index in [1.54, 1.807) is 29.2 Å². The number of aryl methyl sites for hydroxylation is 1. The summed E-state index contributed by atoms with van der Waals surface area (Å²) in [6, 6.07) is 14.1. The Morgan fingerprint density at radius 1 is 1.06 bits per heavy atom. The van der Waals surface area contributed by atoms with Crippen LogP contribution in [0.15, 0.2) is 53.4 Å². The molecule has 0 bridgehead atoms. The van der Waals surface area contributed by atoms with E-state index in [4.69, 9.17) is 4.74 Å². The average Bonchev–Trinajstić information content (AvgIpc) is 3.02. The molecular weight excluding hydrogens is 414 g/mol. The topological polar surface area (TPSA) is 79.0 Å². The number of sulfonamides is 1. The number of likely N-dealkylation sites (N-methyl/N-ethyl adjacent to an activating group) is 1. The molecule has 0 spiro atoms. The number of likely N-dealkylation sites (tertiary alicyclic amines) is 1. The van der Waals surface area contributed by atoms with Crippen LogP contribution < -0.4 is 10.1 Å². The Hall–Kier alpha value is -2.58. The SMILES string of the molecule is CCc1ccc(NC(=O)N2CC[C@@H]3[C@@H](CC2)Oc2ccccc2S(=O)(=O)N3CC)cc1. The summed E-state index contributed by atoms with van der Waals surface area (Å²) in [6.07, 6.45) is 1.73. The van der Waals surface area contributed by atoms with Gasteiger partial charge < -0.3 is 15.0 Å². The molecule has 1 N–H and O–H groups in total. The van der Waals surface area contributed by atoms with Crippen LogP contribution in [0.2, 0.25) is 0 Å². The molecule has 1 saturated heterocycles. The molecule has 2 aliphatic rings. The Labute approximate surface area is 184 Å². The number of anilines is 1. The fraction of sp³-hybridized carbons (Fsp3) is 0.435. The Balaban J connectivity index is 1.53. The highest BCUT2D eigenvalue weighted by Gasteiger charge is 2.42. The molecule has 2 aliphatic heterocycles. The lowest BCUT2D eigenvalue weighted by atomic mass is 10.1. The number of hydrogen-bond acceptors (Lipinski definition) is 4. The predicted octanol–water partition coefficient (Wildman–Crippen LogP) is 3.72. The van der Waals surface area contributed by atoms with Crippen molar-refractivity contribution in [2.75, 3.05) is 25.0 Å². The minimum absolute atomic E-state index is 0.174. The number of ether oxygens (including phenoxy) is 1. The molecule has 166 valence electrons. The lowest BCUT2D eigenvalue weighted by molar-refractivity contribution is 0.115. The molecule has 31 heavy (non-hydrogen) atoms.